The van der Waals surface area contributed by atoms with Crippen molar-refractivity contribution in [1.29, 1.82) is 0 Å². The van der Waals surface area contributed by atoms with Crippen LogP contribution in [0.1, 0.15) is 11.1 Å². The number of nitro groups is 1. The molecule has 86 valence electrons. The number of halogens is 1. The molecule has 0 radical (unpaired) electrons. The van der Waals surface area contributed by atoms with E-state index in [2.05, 4.69) is 15.9 Å². The highest BCUT2D eigenvalue weighted by molar-refractivity contribution is 9.10. The number of nitro benzene ring substituents is 1. The lowest BCUT2D eigenvalue weighted by molar-refractivity contribution is -0.384. The van der Waals surface area contributed by atoms with E-state index in [1.54, 1.807) is 12.1 Å². The van der Waals surface area contributed by atoms with Crippen molar-refractivity contribution in [2.75, 3.05) is 0 Å². The fraction of sp³-hybridized carbons (Fsp3) is 0.0769. The van der Waals surface area contributed by atoms with Crippen molar-refractivity contribution >= 4 is 21.6 Å². The van der Waals surface area contributed by atoms with Gasteiger partial charge in [0.2, 0.25) is 0 Å². The van der Waals surface area contributed by atoms with Crippen LogP contribution in [0.5, 0.6) is 0 Å². The topological polar surface area (TPSA) is 43.1 Å². The number of hydrogen-bond donors (Lipinski definition) is 0. The molecule has 0 N–H and O–H groups in total. The van der Waals surface area contributed by atoms with Gasteiger partial charge in [0.25, 0.3) is 5.69 Å². The zero-order valence-corrected chi connectivity index (χ0v) is 10.6. The molecule has 0 saturated heterocycles. The minimum Gasteiger partial charge on any atom is -0.258 e. The highest BCUT2D eigenvalue weighted by Crippen LogP contribution is 2.24. The first kappa shape index (κ1) is 11.8. The molecule has 0 heterocycles. The van der Waals surface area contributed by atoms with Crippen molar-refractivity contribution in [2.24, 2.45) is 0 Å². The van der Waals surface area contributed by atoms with Gasteiger partial charge in [0, 0.05) is 16.6 Å². The number of benzene rings is 2. The summed E-state index contributed by atoms with van der Waals surface area (Å²) in [5.41, 5.74) is 2.18. The summed E-state index contributed by atoms with van der Waals surface area (Å²) < 4.78 is 0.895. The quantitative estimate of drug-likeness (QED) is 0.635. The van der Waals surface area contributed by atoms with E-state index >= 15 is 0 Å². The summed E-state index contributed by atoms with van der Waals surface area (Å²) in [5, 5.41) is 10.7. The first-order chi connectivity index (χ1) is 8.16. The van der Waals surface area contributed by atoms with Gasteiger partial charge in [0.05, 0.1) is 4.92 Å². The van der Waals surface area contributed by atoms with Gasteiger partial charge in [-0.3, -0.25) is 10.1 Å². The zero-order chi connectivity index (χ0) is 12.3. The Bertz CT molecular complexity index is 540. The lowest BCUT2D eigenvalue weighted by Crippen LogP contribution is -1.93. The third kappa shape index (κ3) is 2.91. The van der Waals surface area contributed by atoms with Crippen molar-refractivity contribution in [3.63, 3.8) is 0 Å². The predicted octanol–water partition coefficient (Wildman–Crippen LogP) is 3.95. The molecular formula is C13H10BrNO2. The Morgan fingerprint density at radius 3 is 2.47 bits per heavy atom. The highest BCUT2D eigenvalue weighted by atomic mass is 79.9. The second kappa shape index (κ2) is 5.10. The zero-order valence-electron chi connectivity index (χ0n) is 8.97. The summed E-state index contributed by atoms with van der Waals surface area (Å²) in [6, 6.07) is 14.7. The van der Waals surface area contributed by atoms with E-state index in [-0.39, 0.29) is 10.6 Å². The molecule has 0 aliphatic carbocycles. The van der Waals surface area contributed by atoms with Crippen LogP contribution in [0.3, 0.4) is 0 Å². The van der Waals surface area contributed by atoms with Crippen LogP contribution in [0, 0.1) is 10.1 Å². The van der Waals surface area contributed by atoms with Crippen LogP contribution in [0.15, 0.2) is 53.0 Å². The van der Waals surface area contributed by atoms with E-state index in [0.29, 0.717) is 6.42 Å². The summed E-state index contributed by atoms with van der Waals surface area (Å²) in [6.45, 7) is 0. The third-order valence-corrected chi connectivity index (χ3v) is 3.25. The largest absolute Gasteiger partial charge is 0.269 e. The summed E-state index contributed by atoms with van der Waals surface area (Å²) >= 11 is 3.41. The van der Waals surface area contributed by atoms with Crippen LogP contribution in [0.4, 0.5) is 5.69 Å². The number of rotatable bonds is 3. The predicted molar refractivity (Wildman–Crippen MR) is 70.0 cm³/mol. The smallest absolute Gasteiger partial charge is 0.258 e. The van der Waals surface area contributed by atoms with Crippen molar-refractivity contribution in [2.45, 2.75) is 6.42 Å². The summed E-state index contributed by atoms with van der Waals surface area (Å²) in [5.74, 6) is 0. The maximum absolute atomic E-state index is 10.7. The Hall–Kier alpha value is -1.68. The lowest BCUT2D eigenvalue weighted by atomic mass is 10.0. The number of non-ortho nitro benzene ring substituents is 1. The van der Waals surface area contributed by atoms with Crippen LogP contribution in [0.2, 0.25) is 0 Å². The summed E-state index contributed by atoms with van der Waals surface area (Å²) in [6.07, 6.45) is 0.684. The van der Waals surface area contributed by atoms with Gasteiger partial charge >= 0.3 is 0 Å². The SMILES string of the molecule is O=[N+]([O-])c1ccc(Br)c(Cc2ccccc2)c1. The van der Waals surface area contributed by atoms with Gasteiger partial charge in [-0.25, -0.2) is 0 Å². The van der Waals surface area contributed by atoms with Crippen molar-refractivity contribution in [1.82, 2.24) is 0 Å². The van der Waals surface area contributed by atoms with E-state index in [0.717, 1.165) is 15.6 Å². The molecule has 3 nitrogen and oxygen atoms in total. The van der Waals surface area contributed by atoms with Crippen LogP contribution >= 0.6 is 15.9 Å². The highest BCUT2D eigenvalue weighted by Gasteiger charge is 2.09. The lowest BCUT2D eigenvalue weighted by Gasteiger charge is -2.04. The molecule has 0 aliphatic rings. The number of nitrogens with zero attached hydrogens (tertiary/aromatic N) is 1. The number of hydrogen-bond acceptors (Lipinski definition) is 2. The normalized spacial score (nSPS) is 10.2. The van der Waals surface area contributed by atoms with Gasteiger partial charge < -0.3 is 0 Å². The van der Waals surface area contributed by atoms with Crippen LogP contribution in [0.25, 0.3) is 0 Å². The van der Waals surface area contributed by atoms with E-state index in [4.69, 9.17) is 0 Å². The molecule has 2 aromatic rings. The summed E-state index contributed by atoms with van der Waals surface area (Å²) in [4.78, 5) is 10.3. The Morgan fingerprint density at radius 2 is 1.82 bits per heavy atom. The Morgan fingerprint density at radius 1 is 1.12 bits per heavy atom. The molecule has 17 heavy (non-hydrogen) atoms. The molecular weight excluding hydrogens is 282 g/mol. The molecule has 0 saturated carbocycles. The molecule has 0 atom stereocenters. The molecule has 0 unspecified atom stereocenters. The Balaban J connectivity index is 2.32. The average Bonchev–Trinajstić information content (AvgIpc) is 2.33. The summed E-state index contributed by atoms with van der Waals surface area (Å²) in [7, 11) is 0. The van der Waals surface area contributed by atoms with E-state index in [1.165, 1.54) is 6.07 Å². The van der Waals surface area contributed by atoms with Crippen LogP contribution < -0.4 is 0 Å². The molecule has 0 aromatic heterocycles. The molecule has 4 heteroatoms. The third-order valence-electron chi connectivity index (χ3n) is 2.48. The molecule has 0 spiro atoms. The first-order valence-corrected chi connectivity index (χ1v) is 5.93. The minimum atomic E-state index is -0.374. The average molecular weight is 292 g/mol. The molecule has 0 aliphatic heterocycles. The maximum Gasteiger partial charge on any atom is 0.269 e. The molecule has 2 rings (SSSR count). The Kier molecular flexibility index (Phi) is 3.54. The second-order valence-electron chi connectivity index (χ2n) is 3.70. The fourth-order valence-corrected chi connectivity index (χ4v) is 2.01. The van der Waals surface area contributed by atoms with Crippen molar-refractivity contribution in [3.05, 3.63) is 74.2 Å². The maximum atomic E-state index is 10.7. The van der Waals surface area contributed by atoms with Gasteiger partial charge in [-0.1, -0.05) is 46.3 Å². The molecule has 0 fully saturated rings. The molecule has 2 aromatic carbocycles. The van der Waals surface area contributed by atoms with Gasteiger partial charge in [0.15, 0.2) is 0 Å². The van der Waals surface area contributed by atoms with Gasteiger partial charge in [-0.05, 0) is 23.6 Å². The second-order valence-corrected chi connectivity index (χ2v) is 4.55. The van der Waals surface area contributed by atoms with E-state index < -0.39 is 0 Å². The van der Waals surface area contributed by atoms with Crippen molar-refractivity contribution in [3.8, 4) is 0 Å². The first-order valence-electron chi connectivity index (χ1n) is 5.13. The van der Waals surface area contributed by atoms with Gasteiger partial charge in [-0.2, -0.15) is 0 Å². The standard InChI is InChI=1S/C13H10BrNO2/c14-13-7-6-12(15(16)17)9-11(13)8-10-4-2-1-3-5-10/h1-7,9H,8H2. The Labute approximate surface area is 107 Å². The molecule has 0 amide bonds. The van der Waals surface area contributed by atoms with E-state index in [9.17, 15) is 10.1 Å². The van der Waals surface area contributed by atoms with Crippen LogP contribution in [-0.2, 0) is 6.42 Å². The molecule has 0 bridgehead atoms. The minimum absolute atomic E-state index is 0.124. The van der Waals surface area contributed by atoms with Gasteiger partial charge in [0.1, 0.15) is 0 Å². The monoisotopic (exact) mass is 291 g/mol. The van der Waals surface area contributed by atoms with Gasteiger partial charge in [-0.15, -0.1) is 0 Å². The van der Waals surface area contributed by atoms with E-state index in [1.807, 2.05) is 30.3 Å². The van der Waals surface area contributed by atoms with Crippen LogP contribution in [-0.4, -0.2) is 4.92 Å². The van der Waals surface area contributed by atoms with Crippen molar-refractivity contribution < 1.29 is 4.92 Å². The fourth-order valence-electron chi connectivity index (χ4n) is 1.63.